The number of hydrogen-bond donors (Lipinski definition) is 4. The molecule has 3 aromatic rings. The van der Waals surface area contributed by atoms with Gasteiger partial charge in [0.15, 0.2) is 23.2 Å². The van der Waals surface area contributed by atoms with Crippen LogP contribution in [0.4, 0.5) is 5.82 Å². The van der Waals surface area contributed by atoms with Crippen molar-refractivity contribution >= 4 is 17.0 Å². The van der Waals surface area contributed by atoms with Crippen molar-refractivity contribution in [1.29, 1.82) is 0 Å². The van der Waals surface area contributed by atoms with Crippen LogP contribution >= 0.6 is 0 Å². The molecule has 10 nitrogen and oxygen atoms in total. The maximum atomic E-state index is 10.4. The van der Waals surface area contributed by atoms with E-state index < -0.39 is 31.1 Å². The minimum Gasteiger partial charge on any atom is -0.394 e. The monoisotopic (exact) mass is 441 g/mol. The second-order valence-electron chi connectivity index (χ2n) is 8.29. The Morgan fingerprint density at radius 2 is 1.94 bits per heavy atom. The predicted octanol–water partition coefficient (Wildman–Crippen LogP) is 0.988. The molecule has 170 valence electrons. The molecule has 10 heteroatoms. The zero-order valence-electron chi connectivity index (χ0n) is 17.5. The number of benzene rings is 1. The summed E-state index contributed by atoms with van der Waals surface area (Å²) in [4.78, 5) is 13.1. The minimum absolute atomic E-state index is 0.0581. The topological polar surface area (TPSA) is 135 Å². The van der Waals surface area contributed by atoms with E-state index in [-0.39, 0.29) is 12.1 Å². The molecule has 2 aromatic heterocycles. The molecule has 1 aromatic carbocycles. The molecule has 5 rings (SSSR count). The summed E-state index contributed by atoms with van der Waals surface area (Å²) in [5.74, 6) is 0.584. The highest BCUT2D eigenvalue weighted by Gasteiger charge is 2.44. The van der Waals surface area contributed by atoms with Gasteiger partial charge in [-0.25, -0.2) is 15.0 Å². The van der Waals surface area contributed by atoms with Gasteiger partial charge < -0.3 is 30.1 Å². The third-order valence-corrected chi connectivity index (χ3v) is 6.23. The van der Waals surface area contributed by atoms with E-state index in [1.807, 2.05) is 18.2 Å². The number of aliphatic hydroxyl groups excluding tert-OH is 3. The van der Waals surface area contributed by atoms with Crippen LogP contribution in [0.1, 0.15) is 31.1 Å². The number of nitrogens with one attached hydrogen (secondary N) is 1. The lowest BCUT2D eigenvalue weighted by molar-refractivity contribution is -0.0511. The molecular formula is C22H27N5O5. The molecule has 32 heavy (non-hydrogen) atoms. The third-order valence-electron chi connectivity index (χ3n) is 6.23. The molecule has 3 heterocycles. The Morgan fingerprint density at radius 1 is 1.09 bits per heavy atom. The molecule has 0 bridgehead atoms. The Bertz CT molecular complexity index is 1050. The Morgan fingerprint density at radius 3 is 2.72 bits per heavy atom. The standard InChI is InChI=1S/C22H27N5O5/c28-9-16-18(29)19(30)22(32-16)27-12-25-17-20(23-11-24-21(17)27)26-14-7-4-8-15(14)31-10-13-5-2-1-3-6-13/h1-3,5-6,11-12,14-16,18-19,22,28-30H,4,7-10H2,(H,23,24,26)/t14?,15-,16?,18-,19-,22?/m1/s1. The van der Waals surface area contributed by atoms with E-state index in [0.717, 1.165) is 24.8 Å². The zero-order valence-corrected chi connectivity index (χ0v) is 17.5. The molecule has 2 fully saturated rings. The Balaban J connectivity index is 1.33. The third kappa shape index (κ3) is 3.96. The molecule has 0 amide bonds. The van der Waals surface area contributed by atoms with Crippen LogP contribution in [0.5, 0.6) is 0 Å². The lowest BCUT2D eigenvalue weighted by Gasteiger charge is -2.22. The number of fused-ring (bicyclic) bond motifs is 1. The van der Waals surface area contributed by atoms with Crippen molar-refractivity contribution in [3.63, 3.8) is 0 Å². The van der Waals surface area contributed by atoms with E-state index in [2.05, 4.69) is 32.4 Å². The zero-order chi connectivity index (χ0) is 22.1. The van der Waals surface area contributed by atoms with Crippen LogP contribution in [0.25, 0.3) is 11.2 Å². The molecule has 4 N–H and O–H groups in total. The molecule has 1 aliphatic carbocycles. The molecule has 3 unspecified atom stereocenters. The second-order valence-corrected chi connectivity index (χ2v) is 8.29. The van der Waals surface area contributed by atoms with Crippen molar-refractivity contribution in [3.8, 4) is 0 Å². The van der Waals surface area contributed by atoms with Crippen LogP contribution in [0.15, 0.2) is 43.0 Å². The van der Waals surface area contributed by atoms with E-state index in [0.29, 0.717) is 23.6 Å². The first-order valence-corrected chi connectivity index (χ1v) is 10.9. The van der Waals surface area contributed by atoms with Crippen molar-refractivity contribution in [2.45, 2.75) is 62.6 Å². The number of aliphatic hydroxyl groups is 3. The predicted molar refractivity (Wildman–Crippen MR) is 115 cm³/mol. The number of ether oxygens (including phenoxy) is 2. The van der Waals surface area contributed by atoms with Gasteiger partial charge in [0.1, 0.15) is 24.6 Å². The number of nitrogens with zero attached hydrogens (tertiary/aromatic N) is 4. The lowest BCUT2D eigenvalue weighted by Crippen LogP contribution is -2.33. The van der Waals surface area contributed by atoms with Gasteiger partial charge in [-0.05, 0) is 24.8 Å². The molecular weight excluding hydrogens is 414 g/mol. The van der Waals surface area contributed by atoms with Crippen molar-refractivity contribution in [3.05, 3.63) is 48.5 Å². The van der Waals surface area contributed by atoms with Crippen LogP contribution in [0.2, 0.25) is 0 Å². The molecule has 1 aliphatic heterocycles. The van der Waals surface area contributed by atoms with Crippen LogP contribution < -0.4 is 5.32 Å². The molecule has 1 saturated carbocycles. The minimum atomic E-state index is -1.21. The summed E-state index contributed by atoms with van der Waals surface area (Å²) in [6, 6.07) is 10.2. The number of hydrogen-bond acceptors (Lipinski definition) is 9. The molecule has 0 radical (unpaired) electrons. The van der Waals surface area contributed by atoms with Gasteiger partial charge in [-0.1, -0.05) is 30.3 Å². The first kappa shape index (κ1) is 21.2. The van der Waals surface area contributed by atoms with E-state index in [1.165, 1.54) is 12.7 Å². The molecule has 6 atom stereocenters. The van der Waals surface area contributed by atoms with Gasteiger partial charge in [0.2, 0.25) is 0 Å². The highest BCUT2D eigenvalue weighted by Crippen LogP contribution is 2.33. The van der Waals surface area contributed by atoms with Crippen LogP contribution in [0, 0.1) is 0 Å². The number of rotatable bonds is 7. The fourth-order valence-electron chi connectivity index (χ4n) is 4.50. The average molecular weight is 441 g/mol. The summed E-state index contributed by atoms with van der Waals surface area (Å²) < 4.78 is 13.4. The largest absolute Gasteiger partial charge is 0.394 e. The average Bonchev–Trinajstić information content (AvgIpc) is 3.52. The van der Waals surface area contributed by atoms with Gasteiger partial charge in [-0.2, -0.15) is 0 Å². The summed E-state index contributed by atoms with van der Waals surface area (Å²) in [5.41, 5.74) is 2.15. The van der Waals surface area contributed by atoms with Gasteiger partial charge in [-0.3, -0.25) is 4.57 Å². The number of aromatic nitrogens is 4. The van der Waals surface area contributed by atoms with Gasteiger partial charge >= 0.3 is 0 Å². The SMILES string of the molecule is OCC1OC(n2cnc3c(NC4CCC[C@H]4OCc4ccccc4)ncnc32)[C@H](O)[C@@H]1O. The maximum absolute atomic E-state index is 10.4. The van der Waals surface area contributed by atoms with Crippen molar-refractivity contribution in [2.24, 2.45) is 0 Å². The van der Waals surface area contributed by atoms with Crippen molar-refractivity contribution < 1.29 is 24.8 Å². The van der Waals surface area contributed by atoms with Gasteiger partial charge in [0.05, 0.1) is 31.7 Å². The highest BCUT2D eigenvalue weighted by molar-refractivity contribution is 5.82. The van der Waals surface area contributed by atoms with Gasteiger partial charge in [0.25, 0.3) is 0 Å². The Kier molecular flexibility index (Phi) is 6.03. The van der Waals surface area contributed by atoms with E-state index in [1.54, 1.807) is 4.57 Å². The fraction of sp³-hybridized carbons (Fsp3) is 0.500. The second kappa shape index (κ2) is 9.08. The Labute approximate surface area is 184 Å². The fourth-order valence-corrected chi connectivity index (χ4v) is 4.50. The summed E-state index contributed by atoms with van der Waals surface area (Å²) in [6.07, 6.45) is 1.81. The summed E-state index contributed by atoms with van der Waals surface area (Å²) >= 11 is 0. The number of anilines is 1. The first-order chi connectivity index (χ1) is 15.7. The quantitative estimate of drug-likeness (QED) is 0.423. The molecule has 0 spiro atoms. The molecule has 2 aliphatic rings. The summed E-state index contributed by atoms with van der Waals surface area (Å²) in [6.45, 7) is 0.165. The van der Waals surface area contributed by atoms with E-state index in [9.17, 15) is 15.3 Å². The summed E-state index contributed by atoms with van der Waals surface area (Å²) in [5, 5.41) is 33.3. The normalized spacial score (nSPS) is 30.2. The van der Waals surface area contributed by atoms with Crippen molar-refractivity contribution in [1.82, 2.24) is 19.5 Å². The highest BCUT2D eigenvalue weighted by atomic mass is 16.6. The summed E-state index contributed by atoms with van der Waals surface area (Å²) in [7, 11) is 0. The van der Waals surface area contributed by atoms with Crippen LogP contribution in [-0.4, -0.2) is 71.9 Å². The van der Waals surface area contributed by atoms with E-state index in [4.69, 9.17) is 9.47 Å². The van der Waals surface area contributed by atoms with Gasteiger partial charge in [0, 0.05) is 0 Å². The lowest BCUT2D eigenvalue weighted by atomic mass is 10.1. The van der Waals surface area contributed by atoms with Crippen molar-refractivity contribution in [2.75, 3.05) is 11.9 Å². The molecule has 1 saturated heterocycles. The first-order valence-electron chi connectivity index (χ1n) is 10.9. The number of imidazole rings is 1. The Hall–Kier alpha value is -2.63. The maximum Gasteiger partial charge on any atom is 0.167 e. The van der Waals surface area contributed by atoms with Crippen LogP contribution in [-0.2, 0) is 16.1 Å². The van der Waals surface area contributed by atoms with Gasteiger partial charge in [-0.15, -0.1) is 0 Å². The van der Waals surface area contributed by atoms with Crippen LogP contribution in [0.3, 0.4) is 0 Å². The smallest absolute Gasteiger partial charge is 0.167 e. The van der Waals surface area contributed by atoms with E-state index >= 15 is 0 Å².